The SMILES string of the molecule is O=C(c1c[nH]c2ccccc12)C1SCCCS1. The van der Waals surface area contributed by atoms with Gasteiger partial charge < -0.3 is 4.98 Å². The molecule has 17 heavy (non-hydrogen) atoms. The molecule has 0 bridgehead atoms. The fraction of sp³-hybridized carbons (Fsp3) is 0.308. The number of hydrogen-bond acceptors (Lipinski definition) is 3. The van der Waals surface area contributed by atoms with Crippen LogP contribution in [0.3, 0.4) is 0 Å². The summed E-state index contributed by atoms with van der Waals surface area (Å²) in [6.07, 6.45) is 3.07. The predicted octanol–water partition coefficient (Wildman–Crippen LogP) is 3.55. The van der Waals surface area contributed by atoms with E-state index in [1.165, 1.54) is 6.42 Å². The van der Waals surface area contributed by atoms with Crippen LogP contribution in [0.5, 0.6) is 0 Å². The average molecular weight is 263 g/mol. The highest BCUT2D eigenvalue weighted by Gasteiger charge is 2.25. The molecule has 1 N–H and O–H groups in total. The van der Waals surface area contributed by atoms with Crippen molar-refractivity contribution in [1.29, 1.82) is 0 Å². The molecular weight excluding hydrogens is 250 g/mol. The molecule has 1 fully saturated rings. The van der Waals surface area contributed by atoms with Gasteiger partial charge >= 0.3 is 0 Å². The highest BCUT2D eigenvalue weighted by Crippen LogP contribution is 2.34. The van der Waals surface area contributed by atoms with Crippen LogP contribution in [-0.2, 0) is 0 Å². The number of H-pyrrole nitrogens is 1. The maximum Gasteiger partial charge on any atom is 0.187 e. The number of hydrogen-bond donors (Lipinski definition) is 1. The minimum absolute atomic E-state index is 0.0861. The van der Waals surface area contributed by atoms with E-state index in [0.29, 0.717) is 0 Å². The van der Waals surface area contributed by atoms with Crippen molar-refractivity contribution in [3.8, 4) is 0 Å². The van der Waals surface area contributed by atoms with Crippen molar-refractivity contribution in [2.75, 3.05) is 11.5 Å². The number of aromatic nitrogens is 1. The summed E-state index contributed by atoms with van der Waals surface area (Å²) in [4.78, 5) is 15.6. The summed E-state index contributed by atoms with van der Waals surface area (Å²) >= 11 is 3.56. The Kier molecular flexibility index (Phi) is 3.16. The number of benzene rings is 1. The molecule has 0 amide bonds. The van der Waals surface area contributed by atoms with Crippen LogP contribution in [0.2, 0.25) is 0 Å². The zero-order valence-electron chi connectivity index (χ0n) is 9.31. The van der Waals surface area contributed by atoms with Crippen LogP contribution < -0.4 is 0 Å². The van der Waals surface area contributed by atoms with E-state index in [1.54, 1.807) is 23.5 Å². The van der Waals surface area contributed by atoms with Crippen LogP contribution in [0.1, 0.15) is 16.8 Å². The Bertz CT molecular complexity index is 543. The monoisotopic (exact) mass is 263 g/mol. The van der Waals surface area contributed by atoms with E-state index in [0.717, 1.165) is 28.0 Å². The Morgan fingerprint density at radius 1 is 1.24 bits per heavy atom. The maximum absolute atomic E-state index is 12.4. The second-order valence-electron chi connectivity index (χ2n) is 4.04. The van der Waals surface area contributed by atoms with Crippen molar-refractivity contribution in [2.24, 2.45) is 0 Å². The molecular formula is C13H13NOS2. The highest BCUT2D eigenvalue weighted by atomic mass is 32.2. The molecule has 0 atom stereocenters. The number of rotatable bonds is 2. The lowest BCUT2D eigenvalue weighted by atomic mass is 10.1. The number of ketones is 1. The summed E-state index contributed by atoms with van der Waals surface area (Å²) in [6.45, 7) is 0. The lowest BCUT2D eigenvalue weighted by Gasteiger charge is -2.19. The molecule has 1 saturated heterocycles. The van der Waals surface area contributed by atoms with E-state index in [1.807, 2.05) is 30.5 Å². The minimum atomic E-state index is 0.0861. The van der Waals surface area contributed by atoms with E-state index in [2.05, 4.69) is 4.98 Å². The minimum Gasteiger partial charge on any atom is -0.360 e. The van der Waals surface area contributed by atoms with Gasteiger partial charge in [-0.2, -0.15) is 0 Å². The van der Waals surface area contributed by atoms with Crippen molar-refractivity contribution in [3.05, 3.63) is 36.0 Å². The summed E-state index contributed by atoms with van der Waals surface area (Å²) in [5.74, 6) is 2.47. The third-order valence-corrected chi connectivity index (χ3v) is 5.79. The fourth-order valence-corrected chi connectivity index (χ4v) is 4.79. The topological polar surface area (TPSA) is 32.9 Å². The quantitative estimate of drug-likeness (QED) is 0.841. The summed E-state index contributed by atoms with van der Waals surface area (Å²) in [5.41, 5.74) is 1.88. The average Bonchev–Trinajstić information content (AvgIpc) is 2.83. The summed E-state index contributed by atoms with van der Waals surface area (Å²) in [7, 11) is 0. The molecule has 4 heteroatoms. The van der Waals surface area contributed by atoms with Crippen molar-refractivity contribution < 1.29 is 4.79 Å². The molecule has 0 saturated carbocycles. The predicted molar refractivity (Wildman–Crippen MR) is 76.0 cm³/mol. The van der Waals surface area contributed by atoms with Crippen LogP contribution in [0, 0.1) is 0 Å². The number of para-hydroxylation sites is 1. The molecule has 88 valence electrons. The van der Waals surface area contributed by atoms with Crippen molar-refractivity contribution in [3.63, 3.8) is 0 Å². The van der Waals surface area contributed by atoms with Gasteiger partial charge in [0, 0.05) is 22.7 Å². The molecule has 2 heterocycles. The fourth-order valence-electron chi connectivity index (χ4n) is 2.04. The Labute approximate surface area is 109 Å². The Morgan fingerprint density at radius 3 is 2.82 bits per heavy atom. The zero-order valence-corrected chi connectivity index (χ0v) is 10.9. The maximum atomic E-state index is 12.4. The van der Waals surface area contributed by atoms with Crippen LogP contribution in [0.15, 0.2) is 30.5 Å². The van der Waals surface area contributed by atoms with Gasteiger partial charge in [-0.05, 0) is 24.0 Å². The number of carbonyl (C=O) groups is 1. The van der Waals surface area contributed by atoms with E-state index < -0.39 is 0 Å². The van der Waals surface area contributed by atoms with E-state index in [9.17, 15) is 4.79 Å². The third-order valence-electron chi connectivity index (χ3n) is 2.90. The molecule has 3 rings (SSSR count). The van der Waals surface area contributed by atoms with Crippen molar-refractivity contribution >= 4 is 40.2 Å². The molecule has 0 unspecified atom stereocenters. The standard InChI is InChI=1S/C13H13NOS2/c15-12(13-16-6-3-7-17-13)10-8-14-11-5-2-1-4-9(10)11/h1-2,4-5,8,13-14H,3,6-7H2. The normalized spacial score (nSPS) is 17.4. The largest absolute Gasteiger partial charge is 0.360 e. The molecule has 0 aliphatic carbocycles. The number of thioether (sulfide) groups is 2. The first-order chi connectivity index (χ1) is 8.36. The van der Waals surface area contributed by atoms with E-state index in [-0.39, 0.29) is 10.4 Å². The van der Waals surface area contributed by atoms with Gasteiger partial charge in [-0.15, -0.1) is 23.5 Å². The van der Waals surface area contributed by atoms with Crippen LogP contribution in [-0.4, -0.2) is 26.9 Å². The summed E-state index contributed by atoms with van der Waals surface area (Å²) in [5, 5.41) is 1.05. The number of carbonyl (C=O) groups excluding carboxylic acids is 1. The van der Waals surface area contributed by atoms with Crippen LogP contribution in [0.25, 0.3) is 10.9 Å². The molecule has 2 aromatic rings. The number of Topliss-reactive ketones (excluding diaryl/α,β-unsaturated/α-hetero) is 1. The van der Waals surface area contributed by atoms with Gasteiger partial charge in [-0.1, -0.05) is 18.2 Å². The van der Waals surface area contributed by atoms with Gasteiger partial charge in [-0.3, -0.25) is 4.79 Å². The van der Waals surface area contributed by atoms with Crippen LogP contribution >= 0.6 is 23.5 Å². The summed E-state index contributed by atoms with van der Waals surface area (Å²) < 4.78 is 0.0861. The zero-order chi connectivity index (χ0) is 11.7. The summed E-state index contributed by atoms with van der Waals surface area (Å²) in [6, 6.07) is 7.98. The lowest BCUT2D eigenvalue weighted by Crippen LogP contribution is -2.18. The van der Waals surface area contributed by atoms with Gasteiger partial charge in [-0.25, -0.2) is 0 Å². The Morgan fingerprint density at radius 2 is 2.00 bits per heavy atom. The second kappa shape index (κ2) is 4.78. The first kappa shape index (κ1) is 11.2. The molecule has 0 radical (unpaired) electrons. The third kappa shape index (κ3) is 2.11. The molecule has 1 aliphatic heterocycles. The van der Waals surface area contributed by atoms with Crippen LogP contribution in [0.4, 0.5) is 0 Å². The number of nitrogens with one attached hydrogen (secondary N) is 1. The Balaban J connectivity index is 1.95. The van der Waals surface area contributed by atoms with Gasteiger partial charge in [0.25, 0.3) is 0 Å². The Hall–Kier alpha value is -0.870. The highest BCUT2D eigenvalue weighted by molar-refractivity contribution is 8.18. The van der Waals surface area contributed by atoms with E-state index in [4.69, 9.17) is 0 Å². The molecule has 1 aromatic heterocycles. The number of aromatic amines is 1. The second-order valence-corrected chi connectivity index (χ2v) is 6.76. The first-order valence-electron chi connectivity index (χ1n) is 5.70. The smallest absolute Gasteiger partial charge is 0.187 e. The van der Waals surface area contributed by atoms with E-state index >= 15 is 0 Å². The number of fused-ring (bicyclic) bond motifs is 1. The molecule has 1 aliphatic rings. The lowest BCUT2D eigenvalue weighted by molar-refractivity contribution is 0.101. The van der Waals surface area contributed by atoms with Gasteiger partial charge in [0.15, 0.2) is 5.78 Å². The molecule has 1 aromatic carbocycles. The first-order valence-corrected chi connectivity index (χ1v) is 7.79. The van der Waals surface area contributed by atoms with Crippen molar-refractivity contribution in [1.82, 2.24) is 4.98 Å². The van der Waals surface area contributed by atoms with Gasteiger partial charge in [0.05, 0.1) is 0 Å². The molecule has 0 spiro atoms. The van der Waals surface area contributed by atoms with Gasteiger partial charge in [0.1, 0.15) is 4.58 Å². The molecule has 2 nitrogen and oxygen atoms in total. The van der Waals surface area contributed by atoms with Crippen molar-refractivity contribution in [2.45, 2.75) is 11.0 Å². The van der Waals surface area contributed by atoms with Gasteiger partial charge in [0.2, 0.25) is 0 Å².